The Morgan fingerprint density at radius 1 is 1.38 bits per heavy atom. The third kappa shape index (κ3) is 2.47. The molecule has 0 aliphatic carbocycles. The monoisotopic (exact) mass is 327 g/mol. The highest BCUT2D eigenvalue weighted by Crippen LogP contribution is 2.33. The van der Waals surface area contributed by atoms with E-state index in [1.807, 2.05) is 29.2 Å². The molecule has 1 aromatic carbocycles. The van der Waals surface area contributed by atoms with Crippen LogP contribution in [0.3, 0.4) is 0 Å². The summed E-state index contributed by atoms with van der Waals surface area (Å²) >= 11 is 0. The second-order valence-corrected chi connectivity index (χ2v) is 6.83. The number of hydrogen-bond donors (Lipinski definition) is 2. The van der Waals surface area contributed by atoms with Crippen molar-refractivity contribution < 1.29 is 14.0 Å². The molecule has 2 atom stereocenters. The minimum atomic E-state index is -0.369. The lowest BCUT2D eigenvalue weighted by Gasteiger charge is -2.39. The summed E-state index contributed by atoms with van der Waals surface area (Å²) in [6.45, 7) is 4.31. The topological polar surface area (TPSA) is 74.6 Å². The predicted octanol–water partition coefficient (Wildman–Crippen LogP) is 1.37. The first-order valence-corrected chi connectivity index (χ1v) is 8.35. The van der Waals surface area contributed by atoms with Crippen LogP contribution < -0.4 is 10.6 Å². The quantitative estimate of drug-likeness (QED) is 0.874. The van der Waals surface area contributed by atoms with Crippen LogP contribution in [0, 0.1) is 5.92 Å². The molecule has 6 nitrogen and oxygen atoms in total. The van der Waals surface area contributed by atoms with Gasteiger partial charge in [-0.15, -0.1) is 0 Å². The summed E-state index contributed by atoms with van der Waals surface area (Å²) in [6.07, 6.45) is 0.949. The van der Waals surface area contributed by atoms with Gasteiger partial charge in [0.15, 0.2) is 5.76 Å². The number of para-hydroxylation sites is 1. The first-order chi connectivity index (χ1) is 11.6. The van der Waals surface area contributed by atoms with Crippen LogP contribution in [0.15, 0.2) is 34.7 Å². The van der Waals surface area contributed by atoms with E-state index < -0.39 is 0 Å². The third-order valence-electron chi connectivity index (χ3n) is 5.15. The van der Waals surface area contributed by atoms with Crippen molar-refractivity contribution in [3.63, 3.8) is 0 Å². The number of amides is 2. The van der Waals surface area contributed by atoms with Gasteiger partial charge in [0.1, 0.15) is 5.58 Å². The van der Waals surface area contributed by atoms with Crippen LogP contribution >= 0.6 is 0 Å². The molecule has 24 heavy (non-hydrogen) atoms. The number of likely N-dealkylation sites (tertiary alicyclic amines) is 1. The van der Waals surface area contributed by atoms with Crippen molar-refractivity contribution in [1.82, 2.24) is 15.5 Å². The second kappa shape index (κ2) is 5.63. The van der Waals surface area contributed by atoms with Gasteiger partial charge in [-0.1, -0.05) is 18.2 Å². The molecule has 0 saturated carbocycles. The van der Waals surface area contributed by atoms with Crippen LogP contribution in [-0.2, 0) is 4.79 Å². The smallest absolute Gasteiger partial charge is 0.289 e. The summed E-state index contributed by atoms with van der Waals surface area (Å²) in [6, 6.07) is 9.40. The van der Waals surface area contributed by atoms with E-state index >= 15 is 0 Å². The largest absolute Gasteiger partial charge is 0.451 e. The van der Waals surface area contributed by atoms with E-state index in [-0.39, 0.29) is 23.3 Å². The molecule has 2 fully saturated rings. The second-order valence-electron chi connectivity index (χ2n) is 6.83. The number of benzene rings is 1. The van der Waals surface area contributed by atoms with Crippen molar-refractivity contribution in [3.8, 4) is 0 Å². The standard InChI is InChI=1S/C18H21N3O3/c1-12(22)20-18-10-19-7-6-14(18)9-21(11-18)17(23)16-8-13-4-2-3-5-15(13)24-16/h2-5,8,14,19H,6-7,9-11H2,1H3,(H,20,22)/t14-,18-/m1/s1. The van der Waals surface area contributed by atoms with E-state index in [2.05, 4.69) is 10.6 Å². The SMILES string of the molecule is CC(=O)N[C@@]12CNCC[C@@H]1CN(C(=O)c1cc3ccccc3o1)C2. The molecule has 4 rings (SSSR count). The van der Waals surface area contributed by atoms with Gasteiger partial charge in [-0.25, -0.2) is 0 Å². The van der Waals surface area contributed by atoms with E-state index in [1.54, 1.807) is 6.07 Å². The van der Waals surface area contributed by atoms with Gasteiger partial charge in [-0.2, -0.15) is 0 Å². The zero-order valence-corrected chi connectivity index (χ0v) is 13.7. The van der Waals surface area contributed by atoms with E-state index in [0.717, 1.165) is 23.9 Å². The van der Waals surface area contributed by atoms with Crippen molar-refractivity contribution >= 4 is 22.8 Å². The van der Waals surface area contributed by atoms with Crippen LogP contribution in [0.25, 0.3) is 11.0 Å². The van der Waals surface area contributed by atoms with E-state index in [1.165, 1.54) is 6.92 Å². The summed E-state index contributed by atoms with van der Waals surface area (Å²) in [5.74, 6) is 0.476. The molecule has 2 aliphatic heterocycles. The fourth-order valence-corrected chi connectivity index (χ4v) is 4.06. The molecule has 0 bridgehead atoms. The fraction of sp³-hybridized carbons (Fsp3) is 0.444. The molecule has 1 aromatic heterocycles. The highest BCUT2D eigenvalue weighted by Gasteiger charge is 2.50. The van der Waals surface area contributed by atoms with Crippen molar-refractivity contribution in [1.29, 1.82) is 0 Å². The number of nitrogens with one attached hydrogen (secondary N) is 2. The average molecular weight is 327 g/mol. The first-order valence-electron chi connectivity index (χ1n) is 8.35. The Bertz CT molecular complexity index is 767. The van der Waals surface area contributed by atoms with E-state index in [9.17, 15) is 9.59 Å². The molecule has 2 amide bonds. The lowest BCUT2D eigenvalue weighted by molar-refractivity contribution is -0.121. The Morgan fingerprint density at radius 2 is 2.21 bits per heavy atom. The van der Waals surface area contributed by atoms with Crippen LogP contribution in [0.4, 0.5) is 0 Å². The lowest BCUT2D eigenvalue weighted by Crippen LogP contribution is -2.62. The van der Waals surface area contributed by atoms with Crippen molar-refractivity contribution in [3.05, 3.63) is 36.1 Å². The van der Waals surface area contributed by atoms with E-state index in [4.69, 9.17) is 4.42 Å². The molecule has 0 radical (unpaired) electrons. The number of nitrogens with zero attached hydrogens (tertiary/aromatic N) is 1. The maximum absolute atomic E-state index is 12.9. The molecule has 2 N–H and O–H groups in total. The van der Waals surface area contributed by atoms with E-state index in [0.29, 0.717) is 25.4 Å². The number of carbonyl (C=O) groups is 2. The fourth-order valence-electron chi connectivity index (χ4n) is 4.06. The summed E-state index contributed by atoms with van der Waals surface area (Å²) in [5, 5.41) is 7.37. The molecular weight excluding hydrogens is 306 g/mol. The Morgan fingerprint density at radius 3 is 3.00 bits per heavy atom. The lowest BCUT2D eigenvalue weighted by atomic mass is 9.82. The number of carbonyl (C=O) groups excluding carboxylic acids is 2. The number of piperidine rings is 1. The van der Waals surface area contributed by atoms with Gasteiger partial charge >= 0.3 is 0 Å². The van der Waals surface area contributed by atoms with Crippen molar-refractivity contribution in [2.75, 3.05) is 26.2 Å². The zero-order valence-electron chi connectivity index (χ0n) is 13.7. The zero-order chi connectivity index (χ0) is 16.7. The molecule has 2 saturated heterocycles. The molecule has 3 heterocycles. The minimum Gasteiger partial charge on any atom is -0.451 e. The van der Waals surface area contributed by atoms with Gasteiger partial charge in [0, 0.05) is 37.9 Å². The molecule has 126 valence electrons. The van der Waals surface area contributed by atoms with Crippen LogP contribution in [0.5, 0.6) is 0 Å². The maximum Gasteiger partial charge on any atom is 0.289 e. The van der Waals surface area contributed by atoms with Crippen molar-refractivity contribution in [2.24, 2.45) is 5.92 Å². The first kappa shape index (κ1) is 15.2. The summed E-state index contributed by atoms with van der Waals surface area (Å²) in [7, 11) is 0. The minimum absolute atomic E-state index is 0.0539. The predicted molar refractivity (Wildman–Crippen MR) is 89.6 cm³/mol. The highest BCUT2D eigenvalue weighted by atomic mass is 16.3. The molecule has 0 spiro atoms. The van der Waals surface area contributed by atoms with Crippen molar-refractivity contribution in [2.45, 2.75) is 18.9 Å². The number of rotatable bonds is 2. The Balaban J connectivity index is 1.60. The molecule has 6 heteroatoms. The average Bonchev–Trinajstić information content (AvgIpc) is 3.14. The Kier molecular flexibility index (Phi) is 3.57. The number of hydrogen-bond acceptors (Lipinski definition) is 4. The van der Waals surface area contributed by atoms with Crippen LogP contribution in [0.1, 0.15) is 23.9 Å². The summed E-state index contributed by atoms with van der Waals surface area (Å²) < 4.78 is 5.72. The van der Waals surface area contributed by atoms with Gasteiger partial charge in [0.25, 0.3) is 5.91 Å². The van der Waals surface area contributed by atoms with Gasteiger partial charge in [0.2, 0.25) is 5.91 Å². The molecule has 2 aromatic rings. The summed E-state index contributed by atoms with van der Waals surface area (Å²) in [5.41, 5.74) is 0.349. The highest BCUT2D eigenvalue weighted by molar-refractivity contribution is 5.96. The maximum atomic E-state index is 12.9. The van der Waals surface area contributed by atoms with Crippen LogP contribution in [-0.4, -0.2) is 48.4 Å². The molecule has 0 unspecified atom stereocenters. The van der Waals surface area contributed by atoms with Gasteiger partial charge in [-0.05, 0) is 25.1 Å². The number of furan rings is 1. The van der Waals surface area contributed by atoms with Gasteiger partial charge in [0.05, 0.1) is 5.54 Å². The van der Waals surface area contributed by atoms with Crippen LogP contribution in [0.2, 0.25) is 0 Å². The Hall–Kier alpha value is -2.34. The molecule has 2 aliphatic rings. The van der Waals surface area contributed by atoms with Gasteiger partial charge in [-0.3, -0.25) is 9.59 Å². The number of fused-ring (bicyclic) bond motifs is 2. The summed E-state index contributed by atoms with van der Waals surface area (Å²) in [4.78, 5) is 26.4. The molecular formula is C18H21N3O3. The third-order valence-corrected chi connectivity index (χ3v) is 5.15. The Labute approximate surface area is 140 Å². The normalized spacial score (nSPS) is 26.4. The van der Waals surface area contributed by atoms with Gasteiger partial charge < -0.3 is 20.0 Å².